The highest BCUT2D eigenvalue weighted by atomic mass is 19.4. The first-order valence-electron chi connectivity index (χ1n) is 4.63. The molecule has 4 N–H and O–H groups in total. The highest BCUT2D eigenvalue weighted by Crippen LogP contribution is 2.18. The minimum Gasteiger partial charge on any atom is -0.409 e. The van der Waals surface area contributed by atoms with Gasteiger partial charge in [0.25, 0.3) is 0 Å². The normalized spacial score (nSPS) is 14.6. The molecule has 16 heavy (non-hydrogen) atoms. The van der Waals surface area contributed by atoms with Gasteiger partial charge in [0, 0.05) is 6.54 Å². The summed E-state index contributed by atoms with van der Waals surface area (Å²) in [5, 5.41) is 13.1. The summed E-state index contributed by atoms with van der Waals surface area (Å²) >= 11 is 0. The third-order valence-electron chi connectivity index (χ3n) is 1.90. The predicted octanol–water partition coefficient (Wildman–Crippen LogP) is 0.828. The Morgan fingerprint density at radius 3 is 2.50 bits per heavy atom. The van der Waals surface area contributed by atoms with E-state index in [1.54, 1.807) is 6.92 Å². The summed E-state index contributed by atoms with van der Waals surface area (Å²) in [6, 6.07) is 0. The fourth-order valence-electron chi connectivity index (χ4n) is 1.05. The van der Waals surface area contributed by atoms with Crippen LogP contribution in [0, 0.1) is 5.92 Å². The van der Waals surface area contributed by atoms with Gasteiger partial charge in [-0.25, -0.2) is 0 Å². The number of hydrogen-bond acceptors (Lipinski definition) is 3. The first-order chi connectivity index (χ1) is 7.31. The van der Waals surface area contributed by atoms with Crippen molar-refractivity contribution in [1.29, 1.82) is 0 Å². The van der Waals surface area contributed by atoms with Gasteiger partial charge in [-0.1, -0.05) is 12.1 Å². The van der Waals surface area contributed by atoms with E-state index < -0.39 is 31.0 Å². The van der Waals surface area contributed by atoms with E-state index in [2.05, 4.69) is 10.5 Å². The van der Waals surface area contributed by atoms with E-state index in [1.165, 1.54) is 0 Å². The molecule has 0 radical (unpaired) electrons. The molecule has 0 aliphatic heterocycles. The molecule has 0 aromatic carbocycles. The Morgan fingerprint density at radius 2 is 2.12 bits per heavy atom. The van der Waals surface area contributed by atoms with Crippen LogP contribution in [0.2, 0.25) is 0 Å². The number of nitrogens with one attached hydrogen (secondary N) is 1. The van der Waals surface area contributed by atoms with E-state index in [0.717, 1.165) is 0 Å². The van der Waals surface area contributed by atoms with E-state index >= 15 is 0 Å². The van der Waals surface area contributed by atoms with Crippen LogP contribution in [-0.4, -0.2) is 29.7 Å². The summed E-state index contributed by atoms with van der Waals surface area (Å²) in [6.07, 6.45) is -5.18. The predicted molar refractivity (Wildman–Crippen MR) is 50.9 cm³/mol. The molecule has 1 amide bonds. The second kappa shape index (κ2) is 6.19. The maximum atomic E-state index is 11.8. The first kappa shape index (κ1) is 14.5. The van der Waals surface area contributed by atoms with Crippen molar-refractivity contribution in [2.75, 3.05) is 6.54 Å². The lowest BCUT2D eigenvalue weighted by Gasteiger charge is -2.13. The van der Waals surface area contributed by atoms with Crippen LogP contribution in [0.4, 0.5) is 13.2 Å². The molecule has 0 spiro atoms. The smallest absolute Gasteiger partial charge is 0.390 e. The molecule has 0 aromatic rings. The molecule has 0 heterocycles. The van der Waals surface area contributed by atoms with Crippen molar-refractivity contribution in [2.24, 2.45) is 16.8 Å². The van der Waals surface area contributed by atoms with Gasteiger partial charge in [0.05, 0.1) is 12.3 Å². The Hall–Kier alpha value is -1.47. The van der Waals surface area contributed by atoms with E-state index in [9.17, 15) is 18.0 Å². The third kappa shape index (κ3) is 5.42. The summed E-state index contributed by atoms with van der Waals surface area (Å²) in [5.41, 5.74) is 5.20. The molecule has 0 aliphatic carbocycles. The van der Waals surface area contributed by atoms with Gasteiger partial charge in [0.2, 0.25) is 5.91 Å². The number of carbonyl (C=O) groups is 1. The van der Waals surface area contributed by atoms with Gasteiger partial charge in [-0.15, -0.1) is 0 Å². The zero-order chi connectivity index (χ0) is 12.8. The van der Waals surface area contributed by atoms with Crippen LogP contribution in [0.5, 0.6) is 0 Å². The Bertz CT molecular complexity index is 266. The largest absolute Gasteiger partial charge is 0.409 e. The van der Waals surface area contributed by atoms with Crippen molar-refractivity contribution in [3.8, 4) is 0 Å². The highest BCUT2D eigenvalue weighted by molar-refractivity contribution is 6.01. The number of oxime groups is 1. The molecule has 1 unspecified atom stereocenters. The molecule has 94 valence electrons. The van der Waals surface area contributed by atoms with Gasteiger partial charge < -0.3 is 16.3 Å². The third-order valence-corrected chi connectivity index (χ3v) is 1.90. The van der Waals surface area contributed by atoms with Crippen LogP contribution < -0.4 is 11.1 Å². The number of nitrogens with zero attached hydrogens (tertiary/aromatic N) is 1. The van der Waals surface area contributed by atoms with Gasteiger partial charge in [0.15, 0.2) is 5.84 Å². The van der Waals surface area contributed by atoms with E-state index in [1.807, 2.05) is 0 Å². The van der Waals surface area contributed by atoms with Crippen LogP contribution in [0.3, 0.4) is 0 Å². The molecular weight excluding hydrogens is 227 g/mol. The average Bonchev–Trinajstić information content (AvgIpc) is 2.16. The minimum absolute atomic E-state index is 0.244. The first-order valence-corrected chi connectivity index (χ1v) is 4.63. The molecule has 0 fully saturated rings. The second-order valence-corrected chi connectivity index (χ2v) is 3.14. The monoisotopic (exact) mass is 241 g/mol. The van der Waals surface area contributed by atoms with Gasteiger partial charge in [-0.3, -0.25) is 4.79 Å². The molecule has 0 aromatic heterocycles. The van der Waals surface area contributed by atoms with Crippen molar-refractivity contribution >= 4 is 11.7 Å². The number of nitrogens with two attached hydrogens (primary N) is 1. The molecule has 0 aliphatic rings. The quantitative estimate of drug-likeness (QED) is 0.288. The van der Waals surface area contributed by atoms with Gasteiger partial charge in [-0.05, 0) is 6.42 Å². The molecule has 0 bridgehead atoms. The maximum Gasteiger partial charge on any atom is 0.390 e. The Labute approximate surface area is 90.5 Å². The van der Waals surface area contributed by atoms with Crippen LogP contribution in [0.15, 0.2) is 5.16 Å². The van der Waals surface area contributed by atoms with Crippen molar-refractivity contribution < 1.29 is 23.2 Å². The summed E-state index contributed by atoms with van der Waals surface area (Å²) in [6.45, 7) is 1.09. The number of alkyl halides is 3. The highest BCUT2D eigenvalue weighted by Gasteiger charge is 2.28. The number of amidine groups is 1. The number of hydrogen-bond donors (Lipinski definition) is 3. The zero-order valence-electron chi connectivity index (χ0n) is 8.71. The number of amides is 1. The Balaban J connectivity index is 4.14. The van der Waals surface area contributed by atoms with Crippen LogP contribution in [0.25, 0.3) is 0 Å². The second-order valence-electron chi connectivity index (χ2n) is 3.14. The number of rotatable bonds is 5. The fraction of sp³-hybridized carbons (Fsp3) is 0.750. The van der Waals surface area contributed by atoms with Crippen molar-refractivity contribution in [3.05, 3.63) is 0 Å². The Morgan fingerprint density at radius 1 is 1.56 bits per heavy atom. The van der Waals surface area contributed by atoms with Gasteiger partial charge in [0.1, 0.15) is 0 Å². The minimum atomic E-state index is -4.31. The lowest BCUT2D eigenvalue weighted by Crippen LogP contribution is -2.39. The molecule has 8 heteroatoms. The average molecular weight is 241 g/mol. The lowest BCUT2D eigenvalue weighted by molar-refractivity contribution is -0.136. The summed E-state index contributed by atoms with van der Waals surface area (Å²) < 4.78 is 35.3. The van der Waals surface area contributed by atoms with Crippen LogP contribution in [0.1, 0.15) is 19.8 Å². The SMILES string of the molecule is CCC(C(=O)NCCC(F)(F)F)C(N)=NO. The molecule has 0 saturated heterocycles. The maximum absolute atomic E-state index is 11.8. The van der Waals surface area contributed by atoms with E-state index in [0.29, 0.717) is 0 Å². The van der Waals surface area contributed by atoms with E-state index in [4.69, 9.17) is 10.9 Å². The van der Waals surface area contributed by atoms with Crippen LogP contribution in [-0.2, 0) is 4.79 Å². The van der Waals surface area contributed by atoms with Crippen LogP contribution >= 0.6 is 0 Å². The van der Waals surface area contributed by atoms with Gasteiger partial charge in [-0.2, -0.15) is 13.2 Å². The molecular formula is C8H14F3N3O2. The van der Waals surface area contributed by atoms with Crippen molar-refractivity contribution in [3.63, 3.8) is 0 Å². The Kier molecular flexibility index (Phi) is 5.62. The molecule has 0 saturated carbocycles. The summed E-state index contributed by atoms with van der Waals surface area (Å²) in [5.74, 6) is -1.90. The molecule has 0 rings (SSSR count). The topological polar surface area (TPSA) is 87.7 Å². The van der Waals surface area contributed by atoms with E-state index in [-0.39, 0.29) is 12.3 Å². The number of carbonyl (C=O) groups excluding carboxylic acids is 1. The number of halogens is 3. The van der Waals surface area contributed by atoms with Gasteiger partial charge >= 0.3 is 6.18 Å². The zero-order valence-corrected chi connectivity index (χ0v) is 8.71. The van der Waals surface area contributed by atoms with Crippen molar-refractivity contribution in [1.82, 2.24) is 5.32 Å². The summed E-state index contributed by atoms with van der Waals surface area (Å²) in [7, 11) is 0. The molecule has 5 nitrogen and oxygen atoms in total. The summed E-state index contributed by atoms with van der Waals surface area (Å²) in [4.78, 5) is 11.3. The fourth-order valence-corrected chi connectivity index (χ4v) is 1.05. The lowest BCUT2D eigenvalue weighted by atomic mass is 10.0. The molecule has 1 atom stereocenters. The van der Waals surface area contributed by atoms with Crippen molar-refractivity contribution in [2.45, 2.75) is 25.9 Å². The standard InChI is InChI=1S/C8H14F3N3O2/c1-2-5(6(12)14-16)7(15)13-4-3-8(9,10)11/h5,16H,2-4H2,1H3,(H2,12,14)(H,13,15).